The van der Waals surface area contributed by atoms with Crippen molar-refractivity contribution in [3.05, 3.63) is 0 Å². The third kappa shape index (κ3) is 4.63. The standard InChI is InChI=1S/C12H22N2O3/c1-9-6-7-14(8-10(13-9)16-5)11(15)17-12(2,3)4/h9H,6-8H2,1-5H3. The van der Waals surface area contributed by atoms with Crippen molar-refractivity contribution in [2.45, 2.75) is 45.8 Å². The van der Waals surface area contributed by atoms with Gasteiger partial charge in [-0.25, -0.2) is 4.79 Å². The molecular formula is C12H22N2O3. The molecule has 0 N–H and O–H groups in total. The van der Waals surface area contributed by atoms with E-state index in [-0.39, 0.29) is 12.1 Å². The van der Waals surface area contributed by atoms with Crippen LogP contribution in [-0.4, -0.2) is 48.7 Å². The molecular weight excluding hydrogens is 220 g/mol. The van der Waals surface area contributed by atoms with Gasteiger partial charge in [-0.3, -0.25) is 9.89 Å². The molecule has 0 aliphatic carbocycles. The quantitative estimate of drug-likeness (QED) is 0.653. The van der Waals surface area contributed by atoms with Crippen LogP contribution in [0, 0.1) is 0 Å². The van der Waals surface area contributed by atoms with E-state index in [0.29, 0.717) is 19.0 Å². The van der Waals surface area contributed by atoms with Crippen LogP contribution in [0.15, 0.2) is 4.99 Å². The Hall–Kier alpha value is -1.26. The summed E-state index contributed by atoms with van der Waals surface area (Å²) >= 11 is 0. The van der Waals surface area contributed by atoms with Gasteiger partial charge in [-0.2, -0.15) is 0 Å². The van der Waals surface area contributed by atoms with Crippen LogP contribution in [0.3, 0.4) is 0 Å². The molecule has 5 nitrogen and oxygen atoms in total. The first kappa shape index (κ1) is 13.8. The van der Waals surface area contributed by atoms with E-state index in [1.165, 1.54) is 0 Å². The highest BCUT2D eigenvalue weighted by Gasteiger charge is 2.25. The van der Waals surface area contributed by atoms with Crippen LogP contribution in [0.5, 0.6) is 0 Å². The summed E-state index contributed by atoms with van der Waals surface area (Å²) < 4.78 is 10.5. The highest BCUT2D eigenvalue weighted by atomic mass is 16.6. The van der Waals surface area contributed by atoms with E-state index in [1.807, 2.05) is 27.7 Å². The molecule has 0 aromatic carbocycles. The molecule has 1 amide bonds. The first-order valence-corrected chi connectivity index (χ1v) is 5.90. The fourth-order valence-corrected chi connectivity index (χ4v) is 1.54. The van der Waals surface area contributed by atoms with Gasteiger partial charge in [0.15, 0.2) is 0 Å². The summed E-state index contributed by atoms with van der Waals surface area (Å²) in [6.07, 6.45) is 0.517. The Labute approximate surface area is 103 Å². The van der Waals surface area contributed by atoms with Gasteiger partial charge in [0.1, 0.15) is 5.60 Å². The van der Waals surface area contributed by atoms with Gasteiger partial charge in [0.25, 0.3) is 0 Å². The molecule has 1 atom stereocenters. The van der Waals surface area contributed by atoms with Gasteiger partial charge in [-0.1, -0.05) is 0 Å². The number of amides is 1. The van der Waals surface area contributed by atoms with Crippen LogP contribution in [0.25, 0.3) is 0 Å². The van der Waals surface area contributed by atoms with E-state index in [9.17, 15) is 4.79 Å². The zero-order chi connectivity index (χ0) is 13.1. The Balaban J connectivity index is 2.66. The summed E-state index contributed by atoms with van der Waals surface area (Å²) in [6, 6.07) is 0.178. The lowest BCUT2D eigenvalue weighted by molar-refractivity contribution is 0.0272. The van der Waals surface area contributed by atoms with E-state index in [1.54, 1.807) is 12.0 Å². The van der Waals surface area contributed by atoms with Crippen LogP contribution in [0.2, 0.25) is 0 Å². The minimum absolute atomic E-state index is 0.178. The van der Waals surface area contributed by atoms with E-state index >= 15 is 0 Å². The molecule has 5 heteroatoms. The monoisotopic (exact) mass is 242 g/mol. The molecule has 1 heterocycles. The molecule has 0 aromatic rings. The zero-order valence-corrected chi connectivity index (χ0v) is 11.3. The van der Waals surface area contributed by atoms with Crippen molar-refractivity contribution < 1.29 is 14.3 Å². The highest BCUT2D eigenvalue weighted by Crippen LogP contribution is 2.13. The van der Waals surface area contributed by atoms with E-state index in [4.69, 9.17) is 9.47 Å². The van der Waals surface area contributed by atoms with Gasteiger partial charge in [-0.05, 0) is 34.1 Å². The van der Waals surface area contributed by atoms with Crippen molar-refractivity contribution in [1.29, 1.82) is 0 Å². The maximum absolute atomic E-state index is 11.9. The van der Waals surface area contributed by atoms with E-state index < -0.39 is 5.60 Å². The van der Waals surface area contributed by atoms with Crippen molar-refractivity contribution in [2.75, 3.05) is 20.2 Å². The Morgan fingerprint density at radius 2 is 2.12 bits per heavy atom. The summed E-state index contributed by atoms with van der Waals surface area (Å²) in [6.45, 7) is 8.61. The minimum atomic E-state index is -0.473. The maximum atomic E-state index is 11.9. The topological polar surface area (TPSA) is 51.1 Å². The highest BCUT2D eigenvalue weighted by molar-refractivity contribution is 5.82. The molecule has 0 radical (unpaired) electrons. The van der Waals surface area contributed by atoms with Crippen LogP contribution < -0.4 is 0 Å². The van der Waals surface area contributed by atoms with Crippen LogP contribution in [-0.2, 0) is 9.47 Å². The lowest BCUT2D eigenvalue weighted by atomic mass is 10.2. The summed E-state index contributed by atoms with van der Waals surface area (Å²) in [5, 5.41) is 0. The number of nitrogens with zero attached hydrogens (tertiary/aromatic N) is 2. The first-order chi connectivity index (χ1) is 7.81. The molecule has 17 heavy (non-hydrogen) atoms. The van der Waals surface area contributed by atoms with Crippen molar-refractivity contribution in [2.24, 2.45) is 4.99 Å². The predicted octanol–water partition coefficient (Wildman–Crippen LogP) is 2.06. The van der Waals surface area contributed by atoms with Crippen LogP contribution in [0.4, 0.5) is 4.79 Å². The molecule has 1 rings (SSSR count). The van der Waals surface area contributed by atoms with E-state index in [0.717, 1.165) is 6.42 Å². The molecule has 1 aliphatic rings. The second-order valence-corrected chi connectivity index (χ2v) is 5.27. The molecule has 0 bridgehead atoms. The Kier molecular flexibility index (Phi) is 4.37. The summed E-state index contributed by atoms with van der Waals surface area (Å²) in [5.74, 6) is 0.584. The first-order valence-electron chi connectivity index (χ1n) is 5.90. The second kappa shape index (κ2) is 5.38. The second-order valence-electron chi connectivity index (χ2n) is 5.27. The zero-order valence-electron chi connectivity index (χ0n) is 11.3. The summed E-state index contributed by atoms with van der Waals surface area (Å²) in [5.41, 5.74) is -0.473. The normalized spacial score (nSPS) is 21.6. The number of ether oxygens (including phenoxy) is 2. The molecule has 1 aliphatic heterocycles. The van der Waals surface area contributed by atoms with Crippen LogP contribution in [0.1, 0.15) is 34.1 Å². The number of hydrogen-bond donors (Lipinski definition) is 0. The van der Waals surface area contributed by atoms with Crippen molar-refractivity contribution in [1.82, 2.24) is 4.90 Å². The fraction of sp³-hybridized carbons (Fsp3) is 0.833. The molecule has 1 unspecified atom stereocenters. The number of rotatable bonds is 0. The Morgan fingerprint density at radius 1 is 1.47 bits per heavy atom. The number of aliphatic imine (C=N–C) groups is 1. The number of carbonyl (C=O) groups excluding carboxylic acids is 1. The van der Waals surface area contributed by atoms with Gasteiger partial charge >= 0.3 is 6.09 Å². The summed E-state index contributed by atoms with van der Waals surface area (Å²) in [7, 11) is 1.57. The predicted molar refractivity (Wildman–Crippen MR) is 66.3 cm³/mol. The number of methoxy groups -OCH3 is 1. The largest absolute Gasteiger partial charge is 0.483 e. The fourth-order valence-electron chi connectivity index (χ4n) is 1.54. The third-order valence-electron chi connectivity index (χ3n) is 2.39. The molecule has 98 valence electrons. The van der Waals surface area contributed by atoms with Gasteiger partial charge in [0, 0.05) is 6.54 Å². The van der Waals surface area contributed by atoms with Gasteiger partial charge in [0.2, 0.25) is 5.90 Å². The third-order valence-corrected chi connectivity index (χ3v) is 2.39. The van der Waals surface area contributed by atoms with Crippen molar-refractivity contribution >= 4 is 12.0 Å². The summed E-state index contributed by atoms with van der Waals surface area (Å²) in [4.78, 5) is 17.9. The van der Waals surface area contributed by atoms with Gasteiger partial charge in [0.05, 0.1) is 19.7 Å². The molecule has 0 fully saturated rings. The van der Waals surface area contributed by atoms with Crippen molar-refractivity contribution in [3.8, 4) is 0 Å². The number of hydrogen-bond acceptors (Lipinski definition) is 4. The van der Waals surface area contributed by atoms with E-state index in [2.05, 4.69) is 4.99 Å². The molecule has 0 saturated heterocycles. The maximum Gasteiger partial charge on any atom is 0.410 e. The van der Waals surface area contributed by atoms with Gasteiger partial charge < -0.3 is 9.47 Å². The smallest absolute Gasteiger partial charge is 0.410 e. The Bertz CT molecular complexity index is 307. The average Bonchev–Trinajstić information content (AvgIpc) is 2.37. The lowest BCUT2D eigenvalue weighted by Crippen LogP contribution is -2.40. The average molecular weight is 242 g/mol. The molecule has 0 spiro atoms. The SMILES string of the molecule is COC1=NC(C)CCN(C(=O)OC(C)(C)C)C1. The molecule has 0 saturated carbocycles. The minimum Gasteiger partial charge on any atom is -0.483 e. The number of carbonyl (C=O) groups is 1. The van der Waals surface area contributed by atoms with Crippen LogP contribution >= 0.6 is 0 Å². The molecule has 0 aromatic heterocycles. The lowest BCUT2D eigenvalue weighted by Gasteiger charge is -2.26. The van der Waals surface area contributed by atoms with Gasteiger partial charge in [-0.15, -0.1) is 0 Å². The Morgan fingerprint density at radius 3 is 2.65 bits per heavy atom. The van der Waals surface area contributed by atoms with Crippen molar-refractivity contribution in [3.63, 3.8) is 0 Å².